The second-order valence-corrected chi connectivity index (χ2v) is 2.76. The molecule has 0 bridgehead atoms. The Morgan fingerprint density at radius 2 is 2.23 bits per heavy atom. The Labute approximate surface area is 79.8 Å². The number of carboxylic acid groups (broad SMARTS) is 1. The molecule has 13 heavy (non-hydrogen) atoms. The smallest absolute Gasteiger partial charge is 0.325 e. The second kappa shape index (κ2) is 4.04. The summed E-state index contributed by atoms with van der Waals surface area (Å²) in [6.45, 7) is 1.49. The molecule has 0 spiro atoms. The molecule has 0 aliphatic rings. The highest BCUT2D eigenvalue weighted by Crippen LogP contribution is 2.14. The van der Waals surface area contributed by atoms with Gasteiger partial charge in [0.05, 0.1) is 0 Å². The van der Waals surface area contributed by atoms with Gasteiger partial charge in [-0.25, -0.2) is 9.97 Å². The molecule has 0 amide bonds. The van der Waals surface area contributed by atoms with Crippen LogP contribution < -0.4 is 5.32 Å². The van der Waals surface area contributed by atoms with Crippen molar-refractivity contribution in [2.45, 2.75) is 13.0 Å². The molecule has 5 nitrogen and oxygen atoms in total. The van der Waals surface area contributed by atoms with Crippen LogP contribution in [0, 0.1) is 0 Å². The molecular formula is C7H8ClN3O2. The summed E-state index contributed by atoms with van der Waals surface area (Å²) < 4.78 is 0. The number of hydrogen-bond acceptors (Lipinski definition) is 4. The van der Waals surface area contributed by atoms with Gasteiger partial charge in [-0.3, -0.25) is 4.79 Å². The second-order valence-electron chi connectivity index (χ2n) is 2.40. The van der Waals surface area contributed by atoms with Gasteiger partial charge in [-0.15, -0.1) is 0 Å². The van der Waals surface area contributed by atoms with Crippen molar-refractivity contribution in [2.75, 3.05) is 5.32 Å². The number of aromatic nitrogens is 2. The van der Waals surface area contributed by atoms with Gasteiger partial charge in [0.15, 0.2) is 11.0 Å². The zero-order chi connectivity index (χ0) is 9.84. The summed E-state index contributed by atoms with van der Waals surface area (Å²) in [4.78, 5) is 18.0. The van der Waals surface area contributed by atoms with E-state index in [9.17, 15) is 4.79 Å². The van der Waals surface area contributed by atoms with E-state index in [1.165, 1.54) is 19.3 Å². The Morgan fingerprint density at radius 3 is 2.77 bits per heavy atom. The number of carboxylic acids is 1. The molecule has 0 aliphatic carbocycles. The first-order chi connectivity index (χ1) is 6.11. The van der Waals surface area contributed by atoms with Gasteiger partial charge in [0.25, 0.3) is 0 Å². The maximum absolute atomic E-state index is 10.5. The van der Waals surface area contributed by atoms with Crippen LogP contribution in [-0.4, -0.2) is 27.1 Å². The minimum atomic E-state index is -0.971. The van der Waals surface area contributed by atoms with Crippen LogP contribution in [0.5, 0.6) is 0 Å². The van der Waals surface area contributed by atoms with Gasteiger partial charge in [0, 0.05) is 12.4 Å². The van der Waals surface area contributed by atoms with E-state index in [2.05, 4.69) is 15.3 Å². The van der Waals surface area contributed by atoms with Gasteiger partial charge >= 0.3 is 5.97 Å². The number of halogens is 1. The van der Waals surface area contributed by atoms with Gasteiger partial charge in [0.1, 0.15) is 6.04 Å². The lowest BCUT2D eigenvalue weighted by atomic mass is 10.3. The van der Waals surface area contributed by atoms with E-state index in [4.69, 9.17) is 16.7 Å². The number of hydrogen-bond donors (Lipinski definition) is 2. The van der Waals surface area contributed by atoms with Crippen molar-refractivity contribution < 1.29 is 9.90 Å². The Balaban J connectivity index is 2.74. The lowest BCUT2D eigenvalue weighted by Gasteiger charge is -2.09. The highest BCUT2D eigenvalue weighted by atomic mass is 35.5. The molecular weight excluding hydrogens is 194 g/mol. The van der Waals surface area contributed by atoms with Crippen molar-refractivity contribution in [2.24, 2.45) is 0 Å². The van der Waals surface area contributed by atoms with E-state index in [0.29, 0.717) is 0 Å². The number of nitrogens with zero attached hydrogens (tertiary/aromatic N) is 2. The SMILES string of the molecule is C[C@H](Nc1nccnc1Cl)C(=O)O. The number of anilines is 1. The Kier molecular flexibility index (Phi) is 3.02. The zero-order valence-corrected chi connectivity index (χ0v) is 7.62. The lowest BCUT2D eigenvalue weighted by molar-refractivity contribution is -0.137. The van der Waals surface area contributed by atoms with Crippen LogP contribution in [0.4, 0.5) is 5.82 Å². The highest BCUT2D eigenvalue weighted by molar-refractivity contribution is 6.31. The van der Waals surface area contributed by atoms with Crippen molar-refractivity contribution >= 4 is 23.4 Å². The van der Waals surface area contributed by atoms with Crippen molar-refractivity contribution in [3.8, 4) is 0 Å². The molecule has 0 unspecified atom stereocenters. The predicted octanol–water partition coefficient (Wildman–Crippen LogP) is 1.01. The normalized spacial score (nSPS) is 12.2. The van der Waals surface area contributed by atoms with Gasteiger partial charge < -0.3 is 10.4 Å². The summed E-state index contributed by atoms with van der Waals surface area (Å²) in [7, 11) is 0. The van der Waals surface area contributed by atoms with E-state index in [1.807, 2.05) is 0 Å². The fraction of sp³-hybridized carbons (Fsp3) is 0.286. The number of nitrogens with one attached hydrogen (secondary N) is 1. The third-order valence-electron chi connectivity index (χ3n) is 1.38. The van der Waals surface area contributed by atoms with E-state index in [-0.39, 0.29) is 11.0 Å². The first-order valence-electron chi connectivity index (χ1n) is 3.57. The third kappa shape index (κ3) is 2.55. The molecule has 1 aromatic rings. The van der Waals surface area contributed by atoms with Crippen molar-refractivity contribution in [3.63, 3.8) is 0 Å². The first-order valence-corrected chi connectivity index (χ1v) is 3.95. The third-order valence-corrected chi connectivity index (χ3v) is 1.65. The van der Waals surface area contributed by atoms with Crippen molar-refractivity contribution in [3.05, 3.63) is 17.5 Å². The minimum Gasteiger partial charge on any atom is -0.480 e. The molecule has 0 saturated carbocycles. The molecule has 0 radical (unpaired) electrons. The summed E-state index contributed by atoms with van der Waals surface area (Å²) in [5.41, 5.74) is 0. The van der Waals surface area contributed by atoms with E-state index < -0.39 is 12.0 Å². The Morgan fingerprint density at radius 1 is 1.62 bits per heavy atom. The summed E-state index contributed by atoms with van der Waals surface area (Å²) in [6.07, 6.45) is 2.86. The van der Waals surface area contributed by atoms with Gasteiger partial charge in [-0.2, -0.15) is 0 Å². The molecule has 1 rings (SSSR count). The number of carbonyl (C=O) groups is 1. The minimum absolute atomic E-state index is 0.163. The maximum atomic E-state index is 10.5. The average molecular weight is 202 g/mol. The molecule has 0 aromatic carbocycles. The number of aliphatic carboxylic acids is 1. The topological polar surface area (TPSA) is 75.1 Å². The lowest BCUT2D eigenvalue weighted by Crippen LogP contribution is -2.26. The van der Waals surface area contributed by atoms with E-state index in [0.717, 1.165) is 0 Å². The molecule has 2 N–H and O–H groups in total. The average Bonchev–Trinajstić information content (AvgIpc) is 2.08. The standard InChI is InChI=1S/C7H8ClN3O2/c1-4(7(12)13)11-6-5(8)9-2-3-10-6/h2-4H,1H3,(H,10,11)(H,12,13)/t4-/m0/s1. The predicted molar refractivity (Wildman–Crippen MR) is 47.8 cm³/mol. The summed E-state index contributed by atoms with van der Waals surface area (Å²) in [5.74, 6) is -0.694. The molecule has 6 heteroatoms. The van der Waals surface area contributed by atoms with Crippen molar-refractivity contribution in [1.29, 1.82) is 0 Å². The summed E-state index contributed by atoms with van der Waals surface area (Å²) in [5, 5.41) is 11.3. The van der Waals surface area contributed by atoms with Crippen LogP contribution >= 0.6 is 11.6 Å². The molecule has 0 saturated heterocycles. The Bertz CT molecular complexity index is 318. The molecule has 1 atom stereocenters. The molecule has 0 fully saturated rings. The zero-order valence-electron chi connectivity index (χ0n) is 6.86. The van der Waals surface area contributed by atoms with E-state index in [1.54, 1.807) is 0 Å². The Hall–Kier alpha value is -1.36. The summed E-state index contributed by atoms with van der Waals surface area (Å²) >= 11 is 5.64. The van der Waals surface area contributed by atoms with Crippen LogP contribution in [0.3, 0.4) is 0 Å². The van der Waals surface area contributed by atoms with Gasteiger partial charge in [-0.1, -0.05) is 11.6 Å². The van der Waals surface area contributed by atoms with Crippen molar-refractivity contribution in [1.82, 2.24) is 9.97 Å². The highest BCUT2D eigenvalue weighted by Gasteiger charge is 2.12. The molecule has 1 heterocycles. The van der Waals surface area contributed by atoms with Gasteiger partial charge in [-0.05, 0) is 6.92 Å². The fourth-order valence-corrected chi connectivity index (χ4v) is 0.844. The van der Waals surface area contributed by atoms with Crippen LogP contribution in [0.25, 0.3) is 0 Å². The fourth-order valence-electron chi connectivity index (χ4n) is 0.685. The van der Waals surface area contributed by atoms with Crippen LogP contribution in [0.15, 0.2) is 12.4 Å². The largest absolute Gasteiger partial charge is 0.480 e. The van der Waals surface area contributed by atoms with Crippen LogP contribution in [-0.2, 0) is 4.79 Å². The molecule has 0 aliphatic heterocycles. The molecule has 70 valence electrons. The van der Waals surface area contributed by atoms with Crippen LogP contribution in [0.1, 0.15) is 6.92 Å². The quantitative estimate of drug-likeness (QED) is 0.764. The summed E-state index contributed by atoms with van der Waals surface area (Å²) in [6, 6.07) is -0.741. The molecule has 1 aromatic heterocycles. The van der Waals surface area contributed by atoms with Crippen LogP contribution in [0.2, 0.25) is 5.15 Å². The maximum Gasteiger partial charge on any atom is 0.325 e. The monoisotopic (exact) mass is 201 g/mol. The van der Waals surface area contributed by atoms with E-state index >= 15 is 0 Å². The first kappa shape index (κ1) is 9.73. The number of rotatable bonds is 3. The van der Waals surface area contributed by atoms with Gasteiger partial charge in [0.2, 0.25) is 0 Å².